The van der Waals surface area contributed by atoms with E-state index in [1.165, 1.54) is 12.8 Å². The van der Waals surface area contributed by atoms with Crippen LogP contribution < -0.4 is 5.32 Å². The van der Waals surface area contributed by atoms with Crippen LogP contribution in [0, 0.1) is 5.41 Å². The van der Waals surface area contributed by atoms with Crippen LogP contribution in [-0.4, -0.2) is 51.6 Å². The molecule has 1 amide bonds. The molecule has 1 aromatic heterocycles. The first kappa shape index (κ1) is 16.5. The molecule has 25 heavy (non-hydrogen) atoms. The van der Waals surface area contributed by atoms with Gasteiger partial charge in [-0.3, -0.25) is 4.79 Å². The van der Waals surface area contributed by atoms with Crippen molar-refractivity contribution in [3.05, 3.63) is 30.1 Å². The van der Waals surface area contributed by atoms with E-state index in [1.807, 2.05) is 33.7 Å². The standard InChI is InChI=1S/C19H26N4O2/c24-12-17-21-15-4-1-2-5-16(15)23(17)11-6-18(25)22-10-3-7-19(14-22)8-9-20-13-19/h1-2,4-5,20,24H,3,6-14H2/t19-/m1/s1. The number of aliphatic hydroxyl groups excluding tert-OH is 1. The van der Waals surface area contributed by atoms with Crippen LogP contribution in [0.25, 0.3) is 11.0 Å². The van der Waals surface area contributed by atoms with E-state index in [-0.39, 0.29) is 12.5 Å². The number of aromatic nitrogens is 2. The van der Waals surface area contributed by atoms with E-state index in [1.54, 1.807) is 0 Å². The minimum atomic E-state index is -0.110. The highest BCUT2D eigenvalue weighted by molar-refractivity contribution is 5.78. The van der Waals surface area contributed by atoms with Crippen LogP contribution in [0.1, 0.15) is 31.5 Å². The average Bonchev–Trinajstić information content (AvgIpc) is 3.24. The van der Waals surface area contributed by atoms with E-state index in [0.29, 0.717) is 24.2 Å². The van der Waals surface area contributed by atoms with Gasteiger partial charge in [0.05, 0.1) is 11.0 Å². The Morgan fingerprint density at radius 2 is 2.20 bits per heavy atom. The first-order valence-electron chi connectivity index (χ1n) is 9.24. The Balaban J connectivity index is 1.45. The zero-order valence-electron chi connectivity index (χ0n) is 14.6. The average molecular weight is 342 g/mol. The van der Waals surface area contributed by atoms with Gasteiger partial charge >= 0.3 is 0 Å². The fourth-order valence-electron chi connectivity index (χ4n) is 4.43. The Hall–Kier alpha value is -1.92. The third-order valence-electron chi connectivity index (χ3n) is 5.77. The number of aliphatic hydroxyl groups is 1. The lowest BCUT2D eigenvalue weighted by Gasteiger charge is -2.40. The summed E-state index contributed by atoms with van der Waals surface area (Å²) in [4.78, 5) is 19.3. The normalized spacial score (nSPS) is 23.6. The summed E-state index contributed by atoms with van der Waals surface area (Å²) in [5.41, 5.74) is 2.15. The third kappa shape index (κ3) is 3.16. The molecule has 2 saturated heterocycles. The van der Waals surface area contributed by atoms with Gasteiger partial charge in [-0.2, -0.15) is 0 Å². The van der Waals surface area contributed by atoms with E-state index in [0.717, 1.165) is 43.6 Å². The van der Waals surface area contributed by atoms with Gasteiger partial charge in [-0.1, -0.05) is 12.1 Å². The molecule has 2 aromatic rings. The molecule has 2 N–H and O–H groups in total. The number of nitrogens with one attached hydrogen (secondary N) is 1. The Kier molecular flexibility index (Phi) is 4.48. The van der Waals surface area contributed by atoms with Crippen molar-refractivity contribution in [1.29, 1.82) is 0 Å². The molecule has 0 saturated carbocycles. The van der Waals surface area contributed by atoms with Gasteiger partial charge in [0.15, 0.2) is 0 Å². The second-order valence-corrected chi connectivity index (χ2v) is 7.42. The smallest absolute Gasteiger partial charge is 0.224 e. The molecule has 0 radical (unpaired) electrons. The molecule has 0 bridgehead atoms. The lowest BCUT2D eigenvalue weighted by atomic mass is 9.79. The van der Waals surface area contributed by atoms with Crippen molar-refractivity contribution >= 4 is 16.9 Å². The van der Waals surface area contributed by atoms with Crippen LogP contribution in [-0.2, 0) is 17.9 Å². The molecule has 0 aliphatic carbocycles. The van der Waals surface area contributed by atoms with Crippen molar-refractivity contribution in [2.75, 3.05) is 26.2 Å². The molecule has 1 aromatic carbocycles. The van der Waals surface area contributed by atoms with Crippen molar-refractivity contribution < 1.29 is 9.90 Å². The molecule has 134 valence electrons. The maximum absolute atomic E-state index is 12.8. The molecule has 6 nitrogen and oxygen atoms in total. The van der Waals surface area contributed by atoms with Gasteiger partial charge < -0.3 is 19.9 Å². The van der Waals surface area contributed by atoms with Crippen molar-refractivity contribution in [3.63, 3.8) is 0 Å². The second-order valence-electron chi connectivity index (χ2n) is 7.42. The molecule has 2 aliphatic heterocycles. The number of nitrogens with zero attached hydrogens (tertiary/aromatic N) is 3. The number of hydrogen-bond acceptors (Lipinski definition) is 4. The number of hydrogen-bond donors (Lipinski definition) is 2. The number of likely N-dealkylation sites (tertiary alicyclic amines) is 1. The lowest BCUT2D eigenvalue weighted by molar-refractivity contribution is -0.134. The number of piperidine rings is 1. The molecule has 1 atom stereocenters. The fourth-order valence-corrected chi connectivity index (χ4v) is 4.43. The summed E-state index contributed by atoms with van der Waals surface area (Å²) in [7, 11) is 0. The van der Waals surface area contributed by atoms with Crippen LogP contribution in [0.4, 0.5) is 0 Å². The maximum Gasteiger partial charge on any atom is 0.224 e. The molecule has 1 spiro atoms. The van der Waals surface area contributed by atoms with Gasteiger partial charge in [-0.25, -0.2) is 4.98 Å². The predicted molar refractivity (Wildman–Crippen MR) is 96.0 cm³/mol. The van der Waals surface area contributed by atoms with Gasteiger partial charge in [0.1, 0.15) is 12.4 Å². The Labute approximate surface area is 147 Å². The van der Waals surface area contributed by atoms with Crippen LogP contribution in [0.2, 0.25) is 0 Å². The highest BCUT2D eigenvalue weighted by atomic mass is 16.3. The minimum absolute atomic E-state index is 0.110. The molecule has 6 heteroatoms. The summed E-state index contributed by atoms with van der Waals surface area (Å²) in [5.74, 6) is 0.844. The molecule has 0 unspecified atom stereocenters. The Morgan fingerprint density at radius 1 is 1.32 bits per heavy atom. The molecule has 2 fully saturated rings. The van der Waals surface area contributed by atoms with E-state index >= 15 is 0 Å². The minimum Gasteiger partial charge on any atom is -0.388 e. The zero-order valence-corrected chi connectivity index (χ0v) is 14.6. The number of rotatable bonds is 4. The number of amides is 1. The summed E-state index contributed by atoms with van der Waals surface area (Å²) in [5, 5.41) is 13.0. The lowest BCUT2D eigenvalue weighted by Crippen LogP contribution is -2.47. The molecule has 2 aliphatic rings. The summed E-state index contributed by atoms with van der Waals surface area (Å²) in [6.07, 6.45) is 3.96. The number of aryl methyl sites for hydroxylation is 1. The number of imidazole rings is 1. The van der Waals surface area contributed by atoms with Crippen LogP contribution in [0.3, 0.4) is 0 Å². The third-order valence-corrected chi connectivity index (χ3v) is 5.77. The molecular weight excluding hydrogens is 316 g/mol. The van der Waals surface area contributed by atoms with Crippen molar-refractivity contribution in [2.45, 2.75) is 38.8 Å². The summed E-state index contributed by atoms with van der Waals surface area (Å²) in [6.45, 7) is 4.33. The quantitative estimate of drug-likeness (QED) is 0.884. The monoisotopic (exact) mass is 342 g/mol. The molecule has 4 rings (SSSR count). The second kappa shape index (κ2) is 6.77. The van der Waals surface area contributed by atoms with Crippen LogP contribution in [0.5, 0.6) is 0 Å². The molecular formula is C19H26N4O2. The summed E-state index contributed by atoms with van der Waals surface area (Å²) >= 11 is 0. The van der Waals surface area contributed by atoms with Crippen LogP contribution in [0.15, 0.2) is 24.3 Å². The SMILES string of the molecule is O=C(CCn1c(CO)nc2ccccc21)N1CCC[C@]2(CCNC2)C1. The van der Waals surface area contributed by atoms with Gasteiger partial charge in [0.2, 0.25) is 5.91 Å². The maximum atomic E-state index is 12.8. The number of carbonyl (C=O) groups excluding carboxylic acids is 1. The van der Waals surface area contributed by atoms with Gasteiger partial charge in [0, 0.05) is 38.0 Å². The Morgan fingerprint density at radius 3 is 3.00 bits per heavy atom. The number of benzene rings is 1. The molecule has 3 heterocycles. The van der Waals surface area contributed by atoms with Crippen molar-refractivity contribution in [3.8, 4) is 0 Å². The Bertz CT molecular complexity index is 764. The van der Waals surface area contributed by atoms with E-state index < -0.39 is 0 Å². The fraction of sp³-hybridized carbons (Fsp3) is 0.579. The van der Waals surface area contributed by atoms with Gasteiger partial charge in [0.25, 0.3) is 0 Å². The van der Waals surface area contributed by atoms with Crippen LogP contribution >= 0.6 is 0 Å². The highest BCUT2D eigenvalue weighted by Gasteiger charge is 2.39. The number of para-hydroxylation sites is 2. The van der Waals surface area contributed by atoms with Gasteiger partial charge in [-0.15, -0.1) is 0 Å². The number of fused-ring (bicyclic) bond motifs is 1. The largest absolute Gasteiger partial charge is 0.388 e. The van der Waals surface area contributed by atoms with E-state index in [9.17, 15) is 9.90 Å². The van der Waals surface area contributed by atoms with Crippen molar-refractivity contribution in [2.24, 2.45) is 5.41 Å². The zero-order chi connectivity index (χ0) is 17.3. The highest BCUT2D eigenvalue weighted by Crippen LogP contribution is 2.35. The van der Waals surface area contributed by atoms with Gasteiger partial charge in [-0.05, 0) is 37.9 Å². The van der Waals surface area contributed by atoms with E-state index in [4.69, 9.17) is 0 Å². The van der Waals surface area contributed by atoms with E-state index in [2.05, 4.69) is 10.3 Å². The topological polar surface area (TPSA) is 70.4 Å². The number of carbonyl (C=O) groups is 1. The summed E-state index contributed by atoms with van der Waals surface area (Å²) in [6, 6.07) is 7.83. The first-order valence-corrected chi connectivity index (χ1v) is 9.24. The first-order chi connectivity index (χ1) is 12.2. The van der Waals surface area contributed by atoms with Crippen molar-refractivity contribution in [1.82, 2.24) is 19.8 Å². The summed E-state index contributed by atoms with van der Waals surface area (Å²) < 4.78 is 1.98. The predicted octanol–water partition coefficient (Wildman–Crippen LogP) is 1.52.